The van der Waals surface area contributed by atoms with E-state index in [1.54, 1.807) is 23.1 Å². The van der Waals surface area contributed by atoms with Crippen LogP contribution in [0.15, 0.2) is 63.8 Å². The van der Waals surface area contributed by atoms with Crippen molar-refractivity contribution in [2.24, 2.45) is 5.92 Å². The van der Waals surface area contributed by atoms with E-state index in [4.69, 9.17) is 16.0 Å². The van der Waals surface area contributed by atoms with Crippen LogP contribution in [-0.4, -0.2) is 24.9 Å². The fraction of sp³-hybridized carbons (Fsp3) is 0.190. The molecule has 4 rings (SSSR count). The van der Waals surface area contributed by atoms with Crippen LogP contribution in [0, 0.1) is 5.92 Å². The van der Waals surface area contributed by atoms with Gasteiger partial charge in [0.2, 0.25) is 5.91 Å². The Kier molecular flexibility index (Phi) is 4.88. The molecular formula is C21H17ClN2O4. The van der Waals surface area contributed by atoms with Gasteiger partial charge in [0, 0.05) is 41.5 Å². The van der Waals surface area contributed by atoms with Crippen molar-refractivity contribution in [2.75, 3.05) is 18.0 Å². The quantitative estimate of drug-likeness (QED) is 0.686. The molecule has 1 aliphatic heterocycles. The molecule has 6 nitrogen and oxygen atoms in total. The molecule has 2 heterocycles. The monoisotopic (exact) mass is 396 g/mol. The Bertz CT molecular complexity index is 1110. The normalized spacial score (nSPS) is 16.5. The van der Waals surface area contributed by atoms with Crippen LogP contribution in [0.1, 0.15) is 16.8 Å². The van der Waals surface area contributed by atoms with Gasteiger partial charge in [-0.3, -0.25) is 9.59 Å². The van der Waals surface area contributed by atoms with Crippen molar-refractivity contribution in [3.05, 3.63) is 75.6 Å². The van der Waals surface area contributed by atoms with Gasteiger partial charge in [-0.15, -0.1) is 0 Å². The molecule has 2 amide bonds. The number of amides is 2. The van der Waals surface area contributed by atoms with Crippen LogP contribution in [0.5, 0.6) is 0 Å². The van der Waals surface area contributed by atoms with Gasteiger partial charge in [0.1, 0.15) is 11.1 Å². The molecule has 1 unspecified atom stereocenters. The molecule has 0 radical (unpaired) electrons. The standard InChI is InChI=1S/C21H17ClN2O4/c22-15-6-7-18-14(9-15)10-17(21(27)28-18)20(26)23-11-13-8-19(25)24(12-13)16-4-2-1-3-5-16/h1-7,9-10,13H,8,11-12H2,(H,23,26). The number of carbonyl (C=O) groups is 2. The van der Waals surface area contributed by atoms with Crippen molar-refractivity contribution in [1.29, 1.82) is 0 Å². The highest BCUT2D eigenvalue weighted by Gasteiger charge is 2.30. The number of anilines is 1. The summed E-state index contributed by atoms with van der Waals surface area (Å²) in [5.74, 6) is -0.537. The topological polar surface area (TPSA) is 79.6 Å². The number of rotatable bonds is 4. The average molecular weight is 397 g/mol. The summed E-state index contributed by atoms with van der Waals surface area (Å²) in [5.41, 5.74) is 0.416. The molecule has 1 atom stereocenters. The Morgan fingerprint density at radius 3 is 2.71 bits per heavy atom. The second-order valence-electron chi connectivity index (χ2n) is 6.75. The minimum Gasteiger partial charge on any atom is -0.422 e. The van der Waals surface area contributed by atoms with Crippen LogP contribution in [0.25, 0.3) is 11.0 Å². The van der Waals surface area contributed by atoms with Gasteiger partial charge in [-0.2, -0.15) is 0 Å². The Labute approximate surface area is 165 Å². The number of para-hydroxylation sites is 1. The number of halogens is 1. The van der Waals surface area contributed by atoms with Crippen LogP contribution < -0.4 is 15.8 Å². The Balaban J connectivity index is 1.45. The first kappa shape index (κ1) is 18.3. The predicted molar refractivity (Wildman–Crippen MR) is 107 cm³/mol. The van der Waals surface area contributed by atoms with Crippen molar-refractivity contribution in [2.45, 2.75) is 6.42 Å². The van der Waals surface area contributed by atoms with Gasteiger partial charge >= 0.3 is 5.63 Å². The van der Waals surface area contributed by atoms with Crippen LogP contribution in [-0.2, 0) is 4.79 Å². The highest BCUT2D eigenvalue weighted by atomic mass is 35.5. The van der Waals surface area contributed by atoms with Gasteiger partial charge in [-0.25, -0.2) is 4.79 Å². The van der Waals surface area contributed by atoms with Crippen LogP contribution >= 0.6 is 11.6 Å². The summed E-state index contributed by atoms with van der Waals surface area (Å²) in [6.07, 6.45) is 0.344. The lowest BCUT2D eigenvalue weighted by molar-refractivity contribution is -0.117. The summed E-state index contributed by atoms with van der Waals surface area (Å²) in [5, 5.41) is 3.80. The van der Waals surface area contributed by atoms with Gasteiger partial charge in [-0.1, -0.05) is 29.8 Å². The fourth-order valence-electron chi connectivity index (χ4n) is 3.36. The van der Waals surface area contributed by atoms with Gasteiger partial charge in [0.25, 0.3) is 5.91 Å². The van der Waals surface area contributed by atoms with E-state index in [2.05, 4.69) is 5.32 Å². The number of hydrogen-bond donors (Lipinski definition) is 1. The summed E-state index contributed by atoms with van der Waals surface area (Å²) in [4.78, 5) is 38.6. The third kappa shape index (κ3) is 3.64. The highest BCUT2D eigenvalue weighted by Crippen LogP contribution is 2.24. The molecule has 1 saturated heterocycles. The summed E-state index contributed by atoms with van der Waals surface area (Å²) < 4.78 is 5.20. The minimum atomic E-state index is -0.708. The third-order valence-electron chi connectivity index (χ3n) is 4.76. The smallest absolute Gasteiger partial charge is 0.349 e. The molecule has 28 heavy (non-hydrogen) atoms. The number of nitrogens with zero attached hydrogens (tertiary/aromatic N) is 1. The number of fused-ring (bicyclic) bond motifs is 1. The summed E-state index contributed by atoms with van der Waals surface area (Å²) >= 11 is 5.96. The lowest BCUT2D eigenvalue weighted by Crippen LogP contribution is -2.33. The van der Waals surface area contributed by atoms with E-state index in [-0.39, 0.29) is 17.4 Å². The van der Waals surface area contributed by atoms with E-state index >= 15 is 0 Å². The first-order valence-corrected chi connectivity index (χ1v) is 9.26. The molecule has 3 aromatic rings. The largest absolute Gasteiger partial charge is 0.422 e. The molecule has 0 spiro atoms. The van der Waals surface area contributed by atoms with E-state index in [1.807, 2.05) is 30.3 Å². The van der Waals surface area contributed by atoms with Crippen molar-refractivity contribution in [3.63, 3.8) is 0 Å². The molecule has 7 heteroatoms. The lowest BCUT2D eigenvalue weighted by atomic mass is 10.1. The van der Waals surface area contributed by atoms with Gasteiger partial charge in [0.05, 0.1) is 0 Å². The van der Waals surface area contributed by atoms with Crippen molar-refractivity contribution in [3.8, 4) is 0 Å². The second-order valence-corrected chi connectivity index (χ2v) is 7.19. The Morgan fingerprint density at radius 1 is 1.14 bits per heavy atom. The second kappa shape index (κ2) is 7.48. The zero-order valence-electron chi connectivity index (χ0n) is 14.9. The molecule has 2 aromatic carbocycles. The molecule has 1 aromatic heterocycles. The maximum atomic E-state index is 12.5. The van der Waals surface area contributed by atoms with E-state index in [9.17, 15) is 14.4 Å². The van der Waals surface area contributed by atoms with Crippen molar-refractivity contribution in [1.82, 2.24) is 5.32 Å². The highest BCUT2D eigenvalue weighted by molar-refractivity contribution is 6.31. The van der Waals surface area contributed by atoms with Crippen LogP contribution in [0.3, 0.4) is 0 Å². The number of nitrogens with one attached hydrogen (secondary N) is 1. The van der Waals surface area contributed by atoms with Gasteiger partial charge < -0.3 is 14.6 Å². The number of carbonyl (C=O) groups excluding carboxylic acids is 2. The predicted octanol–water partition coefficient (Wildman–Crippen LogP) is 3.23. The Hall–Kier alpha value is -3.12. The molecule has 1 fully saturated rings. The van der Waals surface area contributed by atoms with Crippen molar-refractivity contribution >= 4 is 40.1 Å². The third-order valence-corrected chi connectivity index (χ3v) is 5.00. The van der Waals surface area contributed by atoms with Crippen LogP contribution in [0.4, 0.5) is 5.69 Å². The minimum absolute atomic E-state index is 0.0188. The Morgan fingerprint density at radius 2 is 1.93 bits per heavy atom. The summed E-state index contributed by atoms with van der Waals surface area (Å²) in [6, 6.07) is 15.7. The van der Waals surface area contributed by atoms with E-state index < -0.39 is 11.5 Å². The van der Waals surface area contributed by atoms with Crippen LogP contribution in [0.2, 0.25) is 5.02 Å². The molecule has 1 aliphatic rings. The molecule has 0 bridgehead atoms. The molecule has 0 aliphatic carbocycles. The van der Waals surface area contributed by atoms with E-state index in [0.717, 1.165) is 5.69 Å². The first-order chi connectivity index (χ1) is 13.5. The maximum absolute atomic E-state index is 12.5. The first-order valence-electron chi connectivity index (χ1n) is 8.88. The fourth-order valence-corrected chi connectivity index (χ4v) is 3.54. The number of hydrogen-bond acceptors (Lipinski definition) is 4. The average Bonchev–Trinajstić information content (AvgIpc) is 3.07. The SMILES string of the molecule is O=C(NCC1CC(=O)N(c2ccccc2)C1)c1cc2cc(Cl)ccc2oc1=O. The molecular weight excluding hydrogens is 380 g/mol. The summed E-state index contributed by atoms with van der Waals surface area (Å²) in [7, 11) is 0. The molecule has 142 valence electrons. The summed E-state index contributed by atoms with van der Waals surface area (Å²) in [6.45, 7) is 0.811. The van der Waals surface area contributed by atoms with E-state index in [1.165, 1.54) is 6.07 Å². The van der Waals surface area contributed by atoms with Gasteiger partial charge in [-0.05, 0) is 36.4 Å². The maximum Gasteiger partial charge on any atom is 0.349 e. The van der Waals surface area contributed by atoms with Crippen molar-refractivity contribution < 1.29 is 14.0 Å². The number of benzene rings is 2. The zero-order chi connectivity index (χ0) is 19.7. The van der Waals surface area contributed by atoms with E-state index in [0.29, 0.717) is 35.5 Å². The lowest BCUT2D eigenvalue weighted by Gasteiger charge is -2.16. The van der Waals surface area contributed by atoms with Gasteiger partial charge in [0.15, 0.2) is 0 Å². The zero-order valence-corrected chi connectivity index (χ0v) is 15.6. The molecule has 1 N–H and O–H groups in total. The molecule has 0 saturated carbocycles.